The van der Waals surface area contributed by atoms with Crippen molar-refractivity contribution in [2.45, 2.75) is 20.8 Å². The molecular weight excluding hydrogens is 188 g/mol. The fraction of sp³-hybridized carbons (Fsp3) is 0.545. The number of nitrogens with zero attached hydrogens (tertiary/aromatic N) is 3. The molecule has 1 rings (SSSR count). The van der Waals surface area contributed by atoms with Crippen LogP contribution in [-0.4, -0.2) is 36.9 Å². The van der Waals surface area contributed by atoms with Gasteiger partial charge in [0.2, 0.25) is 0 Å². The molecule has 0 bridgehead atoms. The van der Waals surface area contributed by atoms with E-state index < -0.39 is 0 Å². The van der Waals surface area contributed by atoms with Gasteiger partial charge in [0.25, 0.3) is 0 Å². The predicted octanol–water partition coefficient (Wildman–Crippen LogP) is 1.80. The van der Waals surface area contributed by atoms with Crippen LogP contribution in [0, 0.1) is 0 Å². The Balaban J connectivity index is 0.000000921. The average molecular weight is 210 g/mol. The largest absolute Gasteiger partial charge is 0.356 e. The van der Waals surface area contributed by atoms with Gasteiger partial charge in [0.05, 0.1) is 0 Å². The summed E-state index contributed by atoms with van der Waals surface area (Å²) in [5, 5.41) is 1.91. The lowest BCUT2D eigenvalue weighted by molar-refractivity contribution is 0.375. The molecule has 0 unspecified atom stereocenters. The Hall–Kier alpha value is -1.45. The Morgan fingerprint density at radius 3 is 2.60 bits per heavy atom. The van der Waals surface area contributed by atoms with Gasteiger partial charge in [-0.15, -0.1) is 0 Å². The molecule has 0 aliphatic carbocycles. The number of hydrogen-bond acceptors (Lipinski definition) is 4. The Kier molecular flexibility index (Phi) is 6.25. The maximum absolute atomic E-state index is 4.13. The third-order valence-corrected chi connectivity index (χ3v) is 2.10. The molecule has 4 nitrogen and oxygen atoms in total. The zero-order valence-corrected chi connectivity index (χ0v) is 10.4. The second-order valence-electron chi connectivity index (χ2n) is 3.09. The van der Waals surface area contributed by atoms with Crippen molar-refractivity contribution in [3.8, 4) is 0 Å². The molecule has 4 heteroatoms. The van der Waals surface area contributed by atoms with Crippen LogP contribution in [0.25, 0.3) is 0 Å². The number of allylic oxidation sites excluding steroid dienone is 1. The predicted molar refractivity (Wildman–Crippen MR) is 66.3 cm³/mol. The van der Waals surface area contributed by atoms with Crippen LogP contribution >= 0.6 is 0 Å². The van der Waals surface area contributed by atoms with E-state index in [1.807, 2.05) is 44.8 Å². The lowest BCUT2D eigenvalue weighted by atomic mass is 10.4. The Morgan fingerprint density at radius 2 is 2.00 bits per heavy atom. The smallest absolute Gasteiger partial charge is 0.123 e. The Bertz CT molecular complexity index is 255. The highest BCUT2D eigenvalue weighted by Crippen LogP contribution is 2.03. The van der Waals surface area contributed by atoms with Crippen molar-refractivity contribution < 1.29 is 0 Å². The van der Waals surface area contributed by atoms with Crippen LogP contribution in [0.1, 0.15) is 20.8 Å². The van der Waals surface area contributed by atoms with Crippen LogP contribution in [0.4, 0.5) is 0 Å². The van der Waals surface area contributed by atoms with Gasteiger partial charge in [-0.2, -0.15) is 0 Å². The number of nitrogens with one attached hydrogen (secondary N) is 1. The van der Waals surface area contributed by atoms with Crippen molar-refractivity contribution in [1.82, 2.24) is 15.3 Å². The van der Waals surface area contributed by atoms with Crippen LogP contribution in [0.15, 0.2) is 29.2 Å². The quantitative estimate of drug-likeness (QED) is 0.661. The fourth-order valence-electron chi connectivity index (χ4n) is 0.902. The van der Waals surface area contributed by atoms with Gasteiger partial charge >= 0.3 is 0 Å². The van der Waals surface area contributed by atoms with Crippen LogP contribution in [0.3, 0.4) is 0 Å². The molecule has 0 aromatic rings. The molecule has 0 radical (unpaired) electrons. The van der Waals surface area contributed by atoms with Gasteiger partial charge in [-0.3, -0.25) is 10.4 Å². The van der Waals surface area contributed by atoms with Gasteiger partial charge in [0.1, 0.15) is 12.2 Å². The lowest BCUT2D eigenvalue weighted by Crippen LogP contribution is -2.31. The summed E-state index contributed by atoms with van der Waals surface area (Å²) in [6.45, 7) is 10.7. The van der Waals surface area contributed by atoms with Crippen molar-refractivity contribution in [2.24, 2.45) is 4.99 Å². The van der Waals surface area contributed by atoms with Crippen LogP contribution in [-0.2, 0) is 0 Å². The molecule has 15 heavy (non-hydrogen) atoms. The molecule has 1 aliphatic heterocycles. The van der Waals surface area contributed by atoms with Gasteiger partial charge in [-0.05, 0) is 13.0 Å². The maximum Gasteiger partial charge on any atom is 0.123 e. The van der Waals surface area contributed by atoms with Crippen molar-refractivity contribution in [3.63, 3.8) is 0 Å². The molecule has 1 aliphatic rings. The van der Waals surface area contributed by atoms with Crippen molar-refractivity contribution in [3.05, 3.63) is 24.2 Å². The van der Waals surface area contributed by atoms with E-state index >= 15 is 0 Å². The van der Waals surface area contributed by atoms with Crippen LogP contribution < -0.4 is 5.43 Å². The number of hydrazine groups is 1. The van der Waals surface area contributed by atoms with E-state index in [0.717, 1.165) is 18.1 Å². The molecule has 1 heterocycles. The number of rotatable bonds is 0. The first-order valence-corrected chi connectivity index (χ1v) is 5.20. The van der Waals surface area contributed by atoms with E-state index in [0.29, 0.717) is 0 Å². The summed E-state index contributed by atoms with van der Waals surface area (Å²) < 4.78 is 0. The van der Waals surface area contributed by atoms with Crippen molar-refractivity contribution in [1.29, 1.82) is 0 Å². The summed E-state index contributed by atoms with van der Waals surface area (Å²) >= 11 is 0. The van der Waals surface area contributed by atoms with Gasteiger partial charge in [0.15, 0.2) is 0 Å². The molecule has 86 valence electrons. The second kappa shape index (κ2) is 6.92. The third kappa shape index (κ3) is 4.54. The number of likely N-dealkylation sites (N-methyl/N-ethyl adjacent to an activating group) is 1. The fourth-order valence-corrected chi connectivity index (χ4v) is 0.902. The molecule has 0 spiro atoms. The highest BCUT2D eigenvalue weighted by molar-refractivity contribution is 5.55. The topological polar surface area (TPSA) is 30.9 Å². The van der Waals surface area contributed by atoms with Crippen LogP contribution in [0.2, 0.25) is 0 Å². The summed E-state index contributed by atoms with van der Waals surface area (Å²) in [5.74, 6) is 0.756. The zero-order chi connectivity index (χ0) is 11.8. The minimum atomic E-state index is 0.756. The minimum absolute atomic E-state index is 0.756. The maximum atomic E-state index is 4.13. The molecule has 0 fully saturated rings. The van der Waals surface area contributed by atoms with Gasteiger partial charge in [0, 0.05) is 26.3 Å². The van der Waals surface area contributed by atoms with E-state index in [2.05, 4.69) is 23.1 Å². The average Bonchev–Trinajstić information content (AvgIpc) is 2.30. The first-order valence-electron chi connectivity index (χ1n) is 5.20. The van der Waals surface area contributed by atoms with Crippen molar-refractivity contribution >= 4 is 6.34 Å². The van der Waals surface area contributed by atoms with E-state index in [-0.39, 0.29) is 0 Å². The SMILES string of the molecule is C=C1/N=C/NN(C)/C(C)=C/CN1C.CC. The molecule has 1 N–H and O–H groups in total. The molecule has 0 amide bonds. The van der Waals surface area contributed by atoms with Gasteiger partial charge in [-0.25, -0.2) is 4.99 Å². The normalized spacial score (nSPS) is 22.2. The summed E-state index contributed by atoms with van der Waals surface area (Å²) in [5.41, 5.74) is 4.17. The summed E-state index contributed by atoms with van der Waals surface area (Å²) in [4.78, 5) is 6.12. The van der Waals surface area contributed by atoms with E-state index in [1.165, 1.54) is 0 Å². The molecule has 0 aromatic heterocycles. The third-order valence-electron chi connectivity index (χ3n) is 2.10. The van der Waals surface area contributed by atoms with E-state index in [9.17, 15) is 0 Å². The molecular formula is C11H22N4. The van der Waals surface area contributed by atoms with Crippen LogP contribution in [0.5, 0.6) is 0 Å². The van der Waals surface area contributed by atoms with Gasteiger partial charge < -0.3 is 4.90 Å². The Labute approximate surface area is 92.9 Å². The first-order chi connectivity index (χ1) is 7.11. The van der Waals surface area contributed by atoms with E-state index in [1.54, 1.807) is 6.34 Å². The highest BCUT2D eigenvalue weighted by Gasteiger charge is 2.02. The minimum Gasteiger partial charge on any atom is -0.356 e. The highest BCUT2D eigenvalue weighted by atomic mass is 15.5. The number of aliphatic imine (C=N–C) groups is 1. The lowest BCUT2D eigenvalue weighted by Gasteiger charge is -2.18. The first kappa shape index (κ1) is 13.5. The summed E-state index contributed by atoms with van der Waals surface area (Å²) in [6.07, 6.45) is 3.76. The van der Waals surface area contributed by atoms with Gasteiger partial charge in [-0.1, -0.05) is 20.4 Å². The van der Waals surface area contributed by atoms with Crippen molar-refractivity contribution in [2.75, 3.05) is 20.6 Å². The second-order valence-corrected chi connectivity index (χ2v) is 3.09. The summed E-state index contributed by atoms with van der Waals surface area (Å²) in [7, 11) is 3.92. The molecule has 0 saturated carbocycles. The number of hydrogen-bond donors (Lipinski definition) is 1. The van der Waals surface area contributed by atoms with E-state index in [4.69, 9.17) is 0 Å². The molecule has 0 aromatic carbocycles. The summed E-state index contributed by atoms with van der Waals surface area (Å²) in [6, 6.07) is 0. The monoisotopic (exact) mass is 210 g/mol. The zero-order valence-electron chi connectivity index (χ0n) is 10.4. The standard InChI is InChI=1S/C9H16N4.C2H6/c1-8-5-6-12(3)9(2)10-7-11-13(8)4;1-2/h5,7H,2,6H2,1,3-4H3,(H,10,11);1-2H3/b8-5+;. The Morgan fingerprint density at radius 1 is 1.40 bits per heavy atom. The molecule has 0 saturated heterocycles. The molecule has 0 atom stereocenters.